The van der Waals surface area contributed by atoms with E-state index in [0.717, 1.165) is 0 Å². The SMILES string of the molecule is C[C@@H]1C[C@H]2[C@@H]3CCC4=CC(=O)C=C[C@]4(C)[C@@]3(F)[C@@H](O)C[C@]2(C)[C@@]1(O)C(=O)COC(N)=O. The maximum absolute atomic E-state index is 17.0. The van der Waals surface area contributed by atoms with E-state index in [1.54, 1.807) is 26.8 Å². The first kappa shape index (κ1) is 22.1. The Hall–Kier alpha value is -2.06. The number of carbonyl (C=O) groups is 3. The maximum atomic E-state index is 17.0. The molecule has 4 rings (SSSR count). The Morgan fingerprint density at radius 3 is 2.65 bits per heavy atom. The molecule has 7 nitrogen and oxygen atoms in total. The summed E-state index contributed by atoms with van der Waals surface area (Å²) in [4.78, 5) is 35.9. The number of nitrogens with two attached hydrogens (primary N) is 1. The number of amides is 1. The predicted molar refractivity (Wildman–Crippen MR) is 108 cm³/mol. The zero-order valence-corrected chi connectivity index (χ0v) is 18.1. The van der Waals surface area contributed by atoms with Crippen LogP contribution in [-0.2, 0) is 14.3 Å². The summed E-state index contributed by atoms with van der Waals surface area (Å²) < 4.78 is 21.6. The topological polar surface area (TPSA) is 127 Å². The van der Waals surface area contributed by atoms with Crippen molar-refractivity contribution in [2.24, 2.45) is 34.3 Å². The number of primary amides is 1. The molecule has 4 aliphatic rings. The third-order valence-corrected chi connectivity index (χ3v) is 8.99. The van der Waals surface area contributed by atoms with Crippen molar-refractivity contribution in [2.75, 3.05) is 6.61 Å². The van der Waals surface area contributed by atoms with E-state index in [0.29, 0.717) is 24.8 Å². The van der Waals surface area contributed by atoms with Crippen molar-refractivity contribution in [3.63, 3.8) is 0 Å². The van der Waals surface area contributed by atoms with Gasteiger partial charge in [-0.3, -0.25) is 9.59 Å². The van der Waals surface area contributed by atoms with E-state index < -0.39 is 58.5 Å². The molecule has 0 aromatic heterocycles. The van der Waals surface area contributed by atoms with Gasteiger partial charge in [0.15, 0.2) is 18.1 Å². The number of aliphatic hydroxyl groups excluding tert-OH is 1. The molecule has 0 heterocycles. The molecule has 0 aliphatic heterocycles. The predicted octanol–water partition coefficient (Wildman–Crippen LogP) is 2.00. The lowest BCUT2D eigenvalue weighted by molar-refractivity contribution is -0.219. The third kappa shape index (κ3) is 2.61. The number of hydrogen-bond acceptors (Lipinski definition) is 6. The molecule has 4 aliphatic carbocycles. The summed E-state index contributed by atoms with van der Waals surface area (Å²) in [6.45, 7) is 4.50. The fraction of sp³-hybridized carbons (Fsp3) is 0.696. The zero-order valence-electron chi connectivity index (χ0n) is 18.1. The summed E-state index contributed by atoms with van der Waals surface area (Å²) >= 11 is 0. The first-order valence-electron chi connectivity index (χ1n) is 10.8. The van der Waals surface area contributed by atoms with Gasteiger partial charge in [0.1, 0.15) is 5.60 Å². The quantitative estimate of drug-likeness (QED) is 0.622. The Bertz CT molecular complexity index is 916. The van der Waals surface area contributed by atoms with Gasteiger partial charge in [0, 0.05) is 16.7 Å². The molecule has 0 bridgehead atoms. The van der Waals surface area contributed by atoms with Gasteiger partial charge in [-0.25, -0.2) is 9.18 Å². The van der Waals surface area contributed by atoms with E-state index in [1.807, 2.05) is 0 Å². The van der Waals surface area contributed by atoms with Gasteiger partial charge in [-0.1, -0.05) is 25.5 Å². The Morgan fingerprint density at radius 1 is 1.32 bits per heavy atom. The summed E-state index contributed by atoms with van der Waals surface area (Å²) in [5.74, 6) is -2.37. The zero-order chi connectivity index (χ0) is 23.0. The minimum absolute atomic E-state index is 0.127. The summed E-state index contributed by atoms with van der Waals surface area (Å²) in [5, 5.41) is 22.8. The molecule has 8 heteroatoms. The van der Waals surface area contributed by atoms with E-state index in [9.17, 15) is 24.6 Å². The molecule has 4 N–H and O–H groups in total. The Labute approximate surface area is 180 Å². The van der Waals surface area contributed by atoms with Gasteiger partial charge in [0.2, 0.25) is 5.78 Å². The van der Waals surface area contributed by atoms with Crippen LogP contribution < -0.4 is 5.73 Å². The standard InChI is InChI=1S/C23H30FNO6/c1-12-8-16-15-5-4-13-9-14(26)6-7-20(13,2)22(15,24)17(27)10-21(16,3)23(12,30)18(28)11-31-19(25)29/h6-7,9,12,15-17,27,30H,4-5,8,10-11H2,1-3H3,(H2,25,29)/t12-,15+,16+,17+,20+,21+,22+,23+/m1/s1. The molecule has 0 saturated heterocycles. The summed E-state index contributed by atoms with van der Waals surface area (Å²) in [6.07, 6.45) is 3.01. The van der Waals surface area contributed by atoms with Crippen LogP contribution in [0.1, 0.15) is 46.5 Å². The van der Waals surface area contributed by atoms with E-state index in [-0.39, 0.29) is 18.1 Å². The van der Waals surface area contributed by atoms with Crippen molar-refractivity contribution in [2.45, 2.75) is 63.8 Å². The number of allylic oxidation sites excluding steroid dienone is 4. The first-order valence-corrected chi connectivity index (χ1v) is 10.8. The molecule has 31 heavy (non-hydrogen) atoms. The van der Waals surface area contributed by atoms with Crippen molar-refractivity contribution in [1.29, 1.82) is 0 Å². The van der Waals surface area contributed by atoms with Crippen LogP contribution in [0.25, 0.3) is 0 Å². The minimum atomic E-state index is -2.03. The van der Waals surface area contributed by atoms with E-state index in [1.165, 1.54) is 12.2 Å². The van der Waals surface area contributed by atoms with Crippen molar-refractivity contribution < 1.29 is 33.7 Å². The van der Waals surface area contributed by atoms with Crippen LogP contribution in [0.3, 0.4) is 0 Å². The fourth-order valence-electron chi connectivity index (χ4n) is 7.39. The van der Waals surface area contributed by atoms with Crippen LogP contribution in [0.15, 0.2) is 23.8 Å². The molecular weight excluding hydrogens is 405 g/mol. The highest BCUT2D eigenvalue weighted by atomic mass is 19.1. The van der Waals surface area contributed by atoms with Gasteiger partial charge in [0.25, 0.3) is 0 Å². The number of ether oxygens (including phenoxy) is 1. The molecule has 0 aromatic carbocycles. The molecule has 1 amide bonds. The van der Waals surface area contributed by atoms with E-state index in [2.05, 4.69) is 4.74 Å². The number of aliphatic hydroxyl groups is 2. The molecule has 170 valence electrons. The number of carbonyl (C=O) groups excluding carboxylic acids is 3. The van der Waals surface area contributed by atoms with Gasteiger partial charge in [0.05, 0.1) is 6.10 Å². The number of ketones is 2. The van der Waals surface area contributed by atoms with Crippen molar-refractivity contribution in [1.82, 2.24) is 0 Å². The Balaban J connectivity index is 1.76. The van der Waals surface area contributed by atoms with E-state index >= 15 is 4.39 Å². The van der Waals surface area contributed by atoms with Crippen LogP contribution in [0, 0.1) is 28.6 Å². The van der Waals surface area contributed by atoms with Gasteiger partial charge < -0.3 is 20.7 Å². The Kier molecular flexibility index (Phi) is 4.80. The number of fused-ring (bicyclic) bond motifs is 5. The highest BCUT2D eigenvalue weighted by Gasteiger charge is 2.75. The van der Waals surface area contributed by atoms with Crippen molar-refractivity contribution in [3.8, 4) is 0 Å². The van der Waals surface area contributed by atoms with Gasteiger partial charge in [-0.05, 0) is 56.6 Å². The van der Waals surface area contributed by atoms with E-state index in [4.69, 9.17) is 5.73 Å². The lowest BCUT2D eigenvalue weighted by Crippen LogP contribution is -2.69. The van der Waals surface area contributed by atoms with Crippen LogP contribution in [0.4, 0.5) is 9.18 Å². The van der Waals surface area contributed by atoms with Crippen LogP contribution in [0.5, 0.6) is 0 Å². The normalized spacial score (nSPS) is 48.3. The minimum Gasteiger partial charge on any atom is -0.442 e. The second-order valence-electron chi connectivity index (χ2n) is 10.2. The second-order valence-corrected chi connectivity index (χ2v) is 10.2. The molecule has 3 saturated carbocycles. The summed E-state index contributed by atoms with van der Waals surface area (Å²) in [6, 6.07) is 0. The lowest BCUT2D eigenvalue weighted by atomic mass is 9.44. The number of alkyl halides is 1. The fourth-order valence-corrected chi connectivity index (χ4v) is 7.39. The monoisotopic (exact) mass is 435 g/mol. The molecule has 0 unspecified atom stereocenters. The van der Waals surface area contributed by atoms with Crippen LogP contribution in [-0.4, -0.2) is 51.9 Å². The van der Waals surface area contributed by atoms with Gasteiger partial charge in [-0.15, -0.1) is 0 Å². The number of rotatable bonds is 3. The molecule has 8 atom stereocenters. The number of Topliss-reactive ketones (excluding diaryl/α,β-unsaturated/α-hetero) is 1. The molecule has 3 fully saturated rings. The maximum Gasteiger partial charge on any atom is 0.404 e. The molecular formula is C23H30FNO6. The third-order valence-electron chi connectivity index (χ3n) is 8.99. The largest absolute Gasteiger partial charge is 0.442 e. The summed E-state index contributed by atoms with van der Waals surface area (Å²) in [5.41, 5.74) is -0.498. The van der Waals surface area contributed by atoms with Crippen LogP contribution >= 0.6 is 0 Å². The number of halogens is 1. The van der Waals surface area contributed by atoms with Crippen molar-refractivity contribution in [3.05, 3.63) is 23.8 Å². The number of hydrogen-bond donors (Lipinski definition) is 3. The van der Waals surface area contributed by atoms with Crippen LogP contribution in [0.2, 0.25) is 0 Å². The highest BCUT2D eigenvalue weighted by molar-refractivity contribution is 6.01. The highest BCUT2D eigenvalue weighted by Crippen LogP contribution is 2.70. The lowest BCUT2D eigenvalue weighted by Gasteiger charge is -2.62. The van der Waals surface area contributed by atoms with Gasteiger partial charge in [-0.2, -0.15) is 0 Å². The van der Waals surface area contributed by atoms with Crippen molar-refractivity contribution >= 4 is 17.7 Å². The molecule has 0 spiro atoms. The average molecular weight is 435 g/mol. The average Bonchev–Trinajstić information content (AvgIpc) is 2.89. The first-order chi connectivity index (χ1) is 14.3. The second kappa shape index (κ2) is 6.72. The van der Waals surface area contributed by atoms with Gasteiger partial charge >= 0.3 is 6.09 Å². The Morgan fingerprint density at radius 2 is 2.00 bits per heavy atom. The molecule has 0 radical (unpaired) electrons. The summed E-state index contributed by atoms with van der Waals surface area (Å²) in [7, 11) is 0. The smallest absolute Gasteiger partial charge is 0.404 e. The molecule has 0 aromatic rings.